The Morgan fingerprint density at radius 2 is 1.86 bits per heavy atom. The molecule has 7 heteroatoms. The Morgan fingerprint density at radius 3 is 2.41 bits per heavy atom. The number of nitrogens with one attached hydrogen (secondary N) is 2. The van der Waals surface area contributed by atoms with Gasteiger partial charge in [-0.3, -0.25) is 5.32 Å². The van der Waals surface area contributed by atoms with E-state index in [0.717, 1.165) is 0 Å². The van der Waals surface area contributed by atoms with Gasteiger partial charge in [-0.1, -0.05) is 0 Å². The predicted octanol–water partition coefficient (Wildman–Crippen LogP) is 3.15. The Labute approximate surface area is 129 Å². The number of hydrogen-bond donors (Lipinski definition) is 2. The Kier molecular flexibility index (Phi) is 5.73. The molecule has 0 spiro atoms. The van der Waals surface area contributed by atoms with E-state index in [-0.39, 0.29) is 5.69 Å². The van der Waals surface area contributed by atoms with Crippen LogP contribution >= 0.6 is 0 Å². The summed E-state index contributed by atoms with van der Waals surface area (Å²) in [5, 5.41) is 5.30. The molecule has 22 heavy (non-hydrogen) atoms. The van der Waals surface area contributed by atoms with E-state index in [2.05, 4.69) is 15.4 Å². The predicted molar refractivity (Wildman–Crippen MR) is 81.4 cm³/mol. The average Bonchev–Trinajstić information content (AvgIpc) is 2.38. The normalized spacial score (nSPS) is 12.3. The summed E-state index contributed by atoms with van der Waals surface area (Å²) < 4.78 is 23.1. The zero-order valence-electron chi connectivity index (χ0n) is 13.3. The van der Waals surface area contributed by atoms with Crippen molar-refractivity contribution >= 4 is 23.4 Å². The highest BCUT2D eigenvalue weighted by atomic mass is 19.1. The lowest BCUT2D eigenvalue weighted by atomic mass is 10.2. The molecule has 0 aliphatic carbocycles. The van der Waals surface area contributed by atoms with Crippen LogP contribution in [0.5, 0.6) is 0 Å². The molecule has 0 fully saturated rings. The molecule has 0 aromatic heterocycles. The van der Waals surface area contributed by atoms with Crippen molar-refractivity contribution in [3.05, 3.63) is 24.0 Å². The summed E-state index contributed by atoms with van der Waals surface area (Å²) in [6.07, 6.45) is -0.673. The molecule has 1 rings (SSSR count). The minimum atomic E-state index is -0.703. The zero-order chi connectivity index (χ0) is 16.9. The number of methoxy groups -OCH3 is 1. The molecule has 0 saturated carbocycles. The molecule has 6 nitrogen and oxygen atoms in total. The number of halogens is 1. The molecule has 0 bridgehead atoms. The molecule has 0 heterocycles. The third kappa shape index (κ3) is 5.59. The van der Waals surface area contributed by atoms with Crippen molar-refractivity contribution in [2.75, 3.05) is 17.7 Å². The van der Waals surface area contributed by atoms with Gasteiger partial charge in [-0.05, 0) is 45.9 Å². The van der Waals surface area contributed by atoms with E-state index in [1.54, 1.807) is 27.7 Å². The third-order valence-corrected chi connectivity index (χ3v) is 2.54. The summed E-state index contributed by atoms with van der Waals surface area (Å²) in [6.45, 7) is 6.76. The third-order valence-electron chi connectivity index (χ3n) is 2.54. The van der Waals surface area contributed by atoms with E-state index >= 15 is 0 Å². The molecule has 0 aliphatic rings. The summed E-state index contributed by atoms with van der Waals surface area (Å²) >= 11 is 0. The number of amides is 1. The number of hydrogen-bond acceptors (Lipinski definition) is 5. The first-order chi connectivity index (χ1) is 10.1. The topological polar surface area (TPSA) is 76.7 Å². The zero-order valence-corrected chi connectivity index (χ0v) is 13.3. The first kappa shape index (κ1) is 17.7. The highest BCUT2D eigenvalue weighted by molar-refractivity contribution is 5.90. The van der Waals surface area contributed by atoms with Crippen molar-refractivity contribution in [3.63, 3.8) is 0 Å². The first-order valence-corrected chi connectivity index (χ1v) is 6.76. The van der Waals surface area contributed by atoms with Crippen LogP contribution in [0.1, 0.15) is 27.7 Å². The van der Waals surface area contributed by atoms with Crippen molar-refractivity contribution in [1.82, 2.24) is 0 Å². The fourth-order valence-corrected chi connectivity index (χ4v) is 1.63. The Balaban J connectivity index is 2.91. The molecule has 0 aliphatic heterocycles. The van der Waals surface area contributed by atoms with E-state index < -0.39 is 29.5 Å². The van der Waals surface area contributed by atoms with Crippen molar-refractivity contribution in [3.8, 4) is 0 Å². The van der Waals surface area contributed by atoms with Gasteiger partial charge in [0.1, 0.15) is 17.5 Å². The number of carbonyl (C=O) groups excluding carboxylic acids is 2. The minimum absolute atomic E-state index is 0.253. The molecular weight excluding hydrogens is 291 g/mol. The van der Waals surface area contributed by atoms with Crippen LogP contribution in [0.15, 0.2) is 18.2 Å². The monoisotopic (exact) mass is 312 g/mol. The molecule has 1 unspecified atom stereocenters. The molecule has 0 saturated heterocycles. The molecule has 1 atom stereocenters. The SMILES string of the molecule is COC(=O)C(C)Nc1cc(F)ccc1NC(=O)OC(C)(C)C. The Bertz CT molecular complexity index is 555. The van der Waals surface area contributed by atoms with E-state index in [9.17, 15) is 14.0 Å². The summed E-state index contributed by atoms with van der Waals surface area (Å²) in [5.74, 6) is -1.01. The summed E-state index contributed by atoms with van der Waals surface area (Å²) in [7, 11) is 1.26. The van der Waals surface area contributed by atoms with E-state index in [4.69, 9.17) is 4.74 Å². The maximum atomic E-state index is 13.4. The van der Waals surface area contributed by atoms with Crippen LogP contribution in [0.4, 0.5) is 20.6 Å². The quantitative estimate of drug-likeness (QED) is 0.835. The second-order valence-electron chi connectivity index (χ2n) is 5.71. The van der Waals surface area contributed by atoms with Gasteiger partial charge in [0.05, 0.1) is 18.5 Å². The van der Waals surface area contributed by atoms with Gasteiger partial charge in [0.2, 0.25) is 0 Å². The molecular formula is C15H21FN2O4. The fraction of sp³-hybridized carbons (Fsp3) is 0.467. The molecule has 122 valence electrons. The standard InChI is InChI=1S/C15H21FN2O4/c1-9(13(19)21-5)17-12-8-10(16)6-7-11(12)18-14(20)22-15(2,3)4/h6-9,17H,1-5H3,(H,18,20). The lowest BCUT2D eigenvalue weighted by molar-refractivity contribution is -0.141. The number of rotatable bonds is 4. The number of esters is 1. The van der Waals surface area contributed by atoms with Crippen LogP contribution in [0.3, 0.4) is 0 Å². The molecule has 0 radical (unpaired) electrons. The minimum Gasteiger partial charge on any atom is -0.467 e. The Morgan fingerprint density at radius 1 is 1.23 bits per heavy atom. The maximum absolute atomic E-state index is 13.4. The smallest absolute Gasteiger partial charge is 0.412 e. The van der Waals surface area contributed by atoms with E-state index in [1.165, 1.54) is 25.3 Å². The van der Waals surface area contributed by atoms with Crippen molar-refractivity contribution in [1.29, 1.82) is 0 Å². The second kappa shape index (κ2) is 7.11. The lowest BCUT2D eigenvalue weighted by Gasteiger charge is -2.21. The molecule has 2 N–H and O–H groups in total. The molecule has 1 aromatic rings. The van der Waals surface area contributed by atoms with Crippen LogP contribution in [-0.2, 0) is 14.3 Å². The number of anilines is 2. The van der Waals surface area contributed by atoms with Crippen molar-refractivity contribution in [2.24, 2.45) is 0 Å². The van der Waals surface area contributed by atoms with Gasteiger partial charge in [-0.15, -0.1) is 0 Å². The molecule has 1 aromatic carbocycles. The highest BCUT2D eigenvalue weighted by Gasteiger charge is 2.19. The summed E-state index contributed by atoms with van der Waals surface area (Å²) in [6, 6.07) is 3.05. The van der Waals surface area contributed by atoms with Crippen LogP contribution in [0.25, 0.3) is 0 Å². The summed E-state index contributed by atoms with van der Waals surface area (Å²) in [5.41, 5.74) is -0.105. The van der Waals surface area contributed by atoms with Gasteiger partial charge in [0.15, 0.2) is 0 Å². The highest BCUT2D eigenvalue weighted by Crippen LogP contribution is 2.24. The second-order valence-corrected chi connectivity index (χ2v) is 5.71. The van der Waals surface area contributed by atoms with Crippen LogP contribution in [0.2, 0.25) is 0 Å². The van der Waals surface area contributed by atoms with Gasteiger partial charge in [0.25, 0.3) is 0 Å². The van der Waals surface area contributed by atoms with Gasteiger partial charge >= 0.3 is 12.1 Å². The van der Waals surface area contributed by atoms with Crippen molar-refractivity contribution in [2.45, 2.75) is 39.3 Å². The number of ether oxygens (including phenoxy) is 2. The first-order valence-electron chi connectivity index (χ1n) is 6.76. The molecule has 1 amide bonds. The number of benzene rings is 1. The maximum Gasteiger partial charge on any atom is 0.412 e. The number of carbonyl (C=O) groups is 2. The van der Waals surface area contributed by atoms with Gasteiger partial charge < -0.3 is 14.8 Å². The fourth-order valence-electron chi connectivity index (χ4n) is 1.63. The van der Waals surface area contributed by atoms with Crippen LogP contribution < -0.4 is 10.6 Å². The van der Waals surface area contributed by atoms with Gasteiger partial charge in [-0.2, -0.15) is 0 Å². The average molecular weight is 312 g/mol. The van der Waals surface area contributed by atoms with E-state index in [0.29, 0.717) is 5.69 Å². The van der Waals surface area contributed by atoms with Gasteiger partial charge in [0, 0.05) is 0 Å². The van der Waals surface area contributed by atoms with Crippen molar-refractivity contribution < 1.29 is 23.5 Å². The van der Waals surface area contributed by atoms with Crippen LogP contribution in [0, 0.1) is 5.82 Å². The lowest BCUT2D eigenvalue weighted by Crippen LogP contribution is -2.29. The van der Waals surface area contributed by atoms with Crippen LogP contribution in [-0.4, -0.2) is 30.8 Å². The van der Waals surface area contributed by atoms with Gasteiger partial charge in [-0.25, -0.2) is 14.0 Å². The summed E-state index contributed by atoms with van der Waals surface area (Å²) in [4.78, 5) is 23.2. The Hall–Kier alpha value is -2.31. The van der Waals surface area contributed by atoms with E-state index in [1.807, 2.05) is 0 Å². The largest absolute Gasteiger partial charge is 0.467 e.